The van der Waals surface area contributed by atoms with Crippen LogP contribution in [0.15, 0.2) is 36.5 Å². The number of fused-ring (bicyclic) bond motifs is 1. The quantitative estimate of drug-likeness (QED) is 0.259. The molecular formula is C17H10Cl2INO4S. The van der Waals surface area contributed by atoms with Crippen molar-refractivity contribution in [2.45, 2.75) is 0 Å². The summed E-state index contributed by atoms with van der Waals surface area (Å²) in [6, 6.07) is 8.52. The summed E-state index contributed by atoms with van der Waals surface area (Å²) in [5, 5.41) is 1.27. The predicted molar refractivity (Wildman–Crippen MR) is 110 cm³/mol. The van der Waals surface area contributed by atoms with Crippen molar-refractivity contribution in [1.29, 1.82) is 0 Å². The van der Waals surface area contributed by atoms with E-state index < -0.39 is 5.97 Å². The van der Waals surface area contributed by atoms with E-state index >= 15 is 0 Å². The molecule has 9 heteroatoms. The summed E-state index contributed by atoms with van der Waals surface area (Å²) < 4.78 is 11.8. The van der Waals surface area contributed by atoms with Gasteiger partial charge in [-0.05, 0) is 52.9 Å². The fraction of sp³-hybridized carbons (Fsp3) is 0.118. The Labute approximate surface area is 176 Å². The number of halogens is 3. The molecule has 5 nitrogen and oxygen atoms in total. The van der Waals surface area contributed by atoms with Crippen LogP contribution in [-0.4, -0.2) is 30.0 Å². The Hall–Kier alpha value is -1.42. The van der Waals surface area contributed by atoms with Crippen LogP contribution in [0.4, 0.5) is 0 Å². The van der Waals surface area contributed by atoms with Crippen molar-refractivity contribution in [3.8, 4) is 5.75 Å². The van der Waals surface area contributed by atoms with Crippen molar-refractivity contribution < 1.29 is 19.1 Å². The van der Waals surface area contributed by atoms with Gasteiger partial charge in [0.2, 0.25) is 5.78 Å². The molecule has 0 spiro atoms. The van der Waals surface area contributed by atoms with Gasteiger partial charge in [0.15, 0.2) is 19.0 Å². The molecule has 26 heavy (non-hydrogen) atoms. The zero-order valence-corrected chi connectivity index (χ0v) is 17.5. The normalized spacial score (nSPS) is 10.7. The maximum absolute atomic E-state index is 11.9. The first-order valence-electron chi connectivity index (χ1n) is 7.25. The molecule has 1 aromatic carbocycles. The van der Waals surface area contributed by atoms with Crippen LogP contribution in [0.2, 0.25) is 9.36 Å². The molecule has 0 N–H and O–H groups in total. The smallest absolute Gasteiger partial charge is 0.344 e. The summed E-state index contributed by atoms with van der Waals surface area (Å²) in [5.74, 6) is -0.529. The Balaban J connectivity index is 1.63. The third kappa shape index (κ3) is 4.46. The first-order valence-corrected chi connectivity index (χ1v) is 9.90. The molecule has 0 radical (unpaired) electrons. The number of ether oxygens (including phenoxy) is 2. The molecule has 0 unspecified atom stereocenters. The van der Waals surface area contributed by atoms with Crippen molar-refractivity contribution in [3.63, 3.8) is 0 Å². The lowest BCUT2D eigenvalue weighted by atomic mass is 10.2. The van der Waals surface area contributed by atoms with Crippen LogP contribution < -0.4 is 4.74 Å². The Kier molecular flexibility index (Phi) is 6.33. The molecule has 0 amide bonds. The van der Waals surface area contributed by atoms with E-state index in [1.807, 2.05) is 6.07 Å². The standard InChI is InChI=1S/C17H10Cl2INO4S/c18-10-6-11(20)17(16-9(10)2-1-5-21-16)25-8-15(23)24-7-12(22)13-3-4-14(19)26-13/h1-6H,7-8H2. The van der Waals surface area contributed by atoms with Crippen molar-refractivity contribution in [2.24, 2.45) is 0 Å². The van der Waals surface area contributed by atoms with Crippen molar-refractivity contribution in [1.82, 2.24) is 4.98 Å². The molecule has 134 valence electrons. The van der Waals surface area contributed by atoms with Crippen molar-refractivity contribution in [3.05, 3.63) is 54.3 Å². The second-order valence-corrected chi connectivity index (χ2v) is 8.33. The number of hydrogen-bond donors (Lipinski definition) is 0. The SMILES string of the molecule is O=C(COc1c(I)cc(Cl)c2cccnc12)OCC(=O)c1ccc(Cl)s1. The molecule has 2 heterocycles. The van der Waals surface area contributed by atoms with Crippen molar-refractivity contribution in [2.75, 3.05) is 13.2 Å². The molecule has 0 fully saturated rings. The molecule has 2 aromatic heterocycles. The summed E-state index contributed by atoms with van der Waals surface area (Å²) in [6.45, 7) is -0.711. The van der Waals surface area contributed by atoms with Gasteiger partial charge in [0.1, 0.15) is 5.52 Å². The lowest BCUT2D eigenvalue weighted by Gasteiger charge is -2.11. The van der Waals surface area contributed by atoms with E-state index in [9.17, 15) is 9.59 Å². The van der Waals surface area contributed by atoms with Gasteiger partial charge in [0, 0.05) is 11.6 Å². The maximum Gasteiger partial charge on any atom is 0.344 e. The van der Waals surface area contributed by atoms with E-state index in [4.69, 9.17) is 32.7 Å². The van der Waals surface area contributed by atoms with Gasteiger partial charge in [-0.1, -0.05) is 23.2 Å². The number of pyridine rings is 1. The molecule has 0 atom stereocenters. The topological polar surface area (TPSA) is 65.5 Å². The van der Waals surface area contributed by atoms with E-state index in [1.165, 1.54) is 0 Å². The highest BCUT2D eigenvalue weighted by atomic mass is 127. The summed E-state index contributed by atoms with van der Waals surface area (Å²) in [4.78, 5) is 28.5. The van der Waals surface area contributed by atoms with Gasteiger partial charge < -0.3 is 9.47 Å². The molecule has 0 saturated heterocycles. The number of nitrogens with zero attached hydrogens (tertiary/aromatic N) is 1. The number of esters is 1. The minimum Gasteiger partial charge on any atom is -0.478 e. The Morgan fingerprint density at radius 3 is 2.73 bits per heavy atom. The summed E-state index contributed by atoms with van der Waals surface area (Å²) >= 11 is 15.2. The number of hydrogen-bond acceptors (Lipinski definition) is 6. The number of benzene rings is 1. The Morgan fingerprint density at radius 2 is 2.00 bits per heavy atom. The summed E-state index contributed by atoms with van der Waals surface area (Å²) in [5.41, 5.74) is 0.557. The van der Waals surface area contributed by atoms with Crippen LogP contribution in [0, 0.1) is 3.57 Å². The summed E-state index contributed by atoms with van der Waals surface area (Å²) in [7, 11) is 0. The van der Waals surface area contributed by atoms with Gasteiger partial charge in [0.05, 0.1) is 17.8 Å². The molecule has 0 aliphatic carbocycles. The monoisotopic (exact) mass is 521 g/mol. The third-order valence-corrected chi connectivity index (χ3v) is 5.68. The molecule has 0 aliphatic rings. The van der Waals surface area contributed by atoms with E-state index in [2.05, 4.69) is 27.6 Å². The number of aromatic nitrogens is 1. The largest absolute Gasteiger partial charge is 0.478 e. The average Bonchev–Trinajstić information content (AvgIpc) is 3.06. The third-order valence-electron chi connectivity index (χ3n) is 3.30. The van der Waals surface area contributed by atoms with Crippen LogP contribution in [0.5, 0.6) is 5.75 Å². The van der Waals surface area contributed by atoms with Crippen LogP contribution in [0.1, 0.15) is 9.67 Å². The minimum absolute atomic E-state index is 0.316. The highest BCUT2D eigenvalue weighted by molar-refractivity contribution is 14.1. The molecule has 0 bridgehead atoms. The van der Waals surface area contributed by atoms with Gasteiger partial charge in [-0.25, -0.2) is 4.79 Å². The highest BCUT2D eigenvalue weighted by Gasteiger charge is 2.16. The lowest BCUT2D eigenvalue weighted by Crippen LogP contribution is -2.19. The van der Waals surface area contributed by atoms with Crippen LogP contribution in [0.25, 0.3) is 10.9 Å². The fourth-order valence-corrected chi connectivity index (χ4v) is 4.27. The van der Waals surface area contributed by atoms with Gasteiger partial charge in [-0.15, -0.1) is 11.3 Å². The van der Waals surface area contributed by atoms with Crippen LogP contribution in [-0.2, 0) is 9.53 Å². The van der Waals surface area contributed by atoms with E-state index in [0.29, 0.717) is 25.5 Å². The lowest BCUT2D eigenvalue weighted by molar-refractivity contribution is -0.144. The number of carbonyl (C=O) groups excluding carboxylic acids is 2. The summed E-state index contributed by atoms with van der Waals surface area (Å²) in [6.07, 6.45) is 1.62. The van der Waals surface area contributed by atoms with Gasteiger partial charge in [0.25, 0.3) is 0 Å². The highest BCUT2D eigenvalue weighted by Crippen LogP contribution is 2.34. The van der Waals surface area contributed by atoms with Crippen LogP contribution in [0.3, 0.4) is 0 Å². The van der Waals surface area contributed by atoms with Gasteiger partial charge in [-0.2, -0.15) is 0 Å². The van der Waals surface area contributed by atoms with Gasteiger partial charge in [-0.3, -0.25) is 9.78 Å². The Morgan fingerprint density at radius 1 is 1.19 bits per heavy atom. The second kappa shape index (κ2) is 8.51. The number of carbonyl (C=O) groups is 2. The van der Waals surface area contributed by atoms with Crippen molar-refractivity contribution >= 4 is 79.8 Å². The molecule has 3 aromatic rings. The molecule has 3 rings (SSSR count). The predicted octanol–water partition coefficient (Wildman–Crippen LogP) is 5.01. The number of Topliss-reactive ketones (excluding diaryl/α,β-unsaturated/α-hetero) is 1. The first-order chi connectivity index (χ1) is 12.5. The zero-order chi connectivity index (χ0) is 18.7. The number of rotatable bonds is 6. The van der Waals surface area contributed by atoms with Crippen LogP contribution >= 0.6 is 57.1 Å². The number of ketones is 1. The molecular weight excluding hydrogens is 512 g/mol. The second-order valence-electron chi connectivity index (χ2n) is 5.05. The first kappa shape index (κ1) is 19.3. The fourth-order valence-electron chi connectivity index (χ4n) is 2.14. The zero-order valence-electron chi connectivity index (χ0n) is 13.0. The Bertz CT molecular complexity index is 992. The van der Waals surface area contributed by atoms with Gasteiger partial charge >= 0.3 is 5.97 Å². The minimum atomic E-state index is -0.657. The number of thiophene rings is 1. The molecule has 0 saturated carbocycles. The molecule has 0 aliphatic heterocycles. The van der Waals surface area contributed by atoms with E-state index in [0.717, 1.165) is 20.3 Å². The average molecular weight is 522 g/mol. The van der Waals surface area contributed by atoms with E-state index in [1.54, 1.807) is 30.5 Å². The maximum atomic E-state index is 11.9. The van der Waals surface area contributed by atoms with E-state index in [-0.39, 0.29) is 19.0 Å².